The maximum absolute atomic E-state index is 11.2. The van der Waals surface area contributed by atoms with Crippen LogP contribution >= 0.6 is 0 Å². The third kappa shape index (κ3) is 3.95. The number of allylic oxidation sites excluding steroid dienone is 2. The molecule has 0 radical (unpaired) electrons. The minimum absolute atomic E-state index is 0.0315. The molecule has 0 aromatic carbocycles. The number of aliphatic hydroxyl groups excluding tert-OH is 3. The molecule has 6 fully saturated rings. The number of aliphatic hydroxyl groups is 3. The SMILES string of the molecule is CC1C(O)CCC2(C)C1CCC1(C)C3CCC4(CC5OC(CO)C6OC6C5O)CCC(C)(C)CC4C3=CCC12. The maximum Gasteiger partial charge on any atom is 0.115 e. The summed E-state index contributed by atoms with van der Waals surface area (Å²) in [5.74, 6) is 2.97. The van der Waals surface area contributed by atoms with E-state index in [0.29, 0.717) is 45.8 Å². The zero-order chi connectivity index (χ0) is 27.5. The van der Waals surface area contributed by atoms with Crippen molar-refractivity contribution in [3.05, 3.63) is 11.6 Å². The van der Waals surface area contributed by atoms with E-state index in [4.69, 9.17) is 9.47 Å². The second-order valence-electron chi connectivity index (χ2n) is 16.6. The molecule has 14 atom stereocenters. The Morgan fingerprint density at radius 2 is 1.62 bits per heavy atom. The molecule has 0 aromatic rings. The Morgan fingerprint density at radius 3 is 2.38 bits per heavy atom. The van der Waals surface area contributed by atoms with Gasteiger partial charge in [-0.15, -0.1) is 0 Å². The molecule has 4 saturated carbocycles. The van der Waals surface area contributed by atoms with Gasteiger partial charge in [-0.05, 0) is 122 Å². The van der Waals surface area contributed by atoms with Crippen molar-refractivity contribution in [2.75, 3.05) is 6.61 Å². The highest BCUT2D eigenvalue weighted by Crippen LogP contribution is 2.71. The first-order chi connectivity index (χ1) is 18.4. The van der Waals surface area contributed by atoms with Crippen LogP contribution in [0.3, 0.4) is 0 Å². The van der Waals surface area contributed by atoms with Gasteiger partial charge in [0, 0.05) is 0 Å². The first-order valence-corrected chi connectivity index (χ1v) is 16.4. The predicted octanol–water partition coefficient (Wildman–Crippen LogP) is 5.65. The van der Waals surface area contributed by atoms with Gasteiger partial charge in [0.2, 0.25) is 0 Å². The lowest BCUT2D eigenvalue weighted by Crippen LogP contribution is -2.60. The fourth-order valence-corrected chi connectivity index (χ4v) is 12.0. The molecular formula is C34H54O5. The van der Waals surface area contributed by atoms with Crippen molar-refractivity contribution in [1.29, 1.82) is 0 Å². The number of fused-ring (bicyclic) bond motifs is 8. The molecule has 0 bridgehead atoms. The summed E-state index contributed by atoms with van der Waals surface area (Å²) < 4.78 is 12.1. The predicted molar refractivity (Wildman–Crippen MR) is 151 cm³/mol. The Balaban J connectivity index is 1.21. The summed E-state index contributed by atoms with van der Waals surface area (Å²) in [5, 5.41) is 31.8. The molecule has 0 aromatic heterocycles. The standard InChI is InChI=1S/C34H54O5/c1-19-21-8-11-33(5)22-9-13-34(17-25-28(37)30-29(39-30)26(18-35)38-25)15-14-31(2,3)16-23(34)20(22)6-7-27(33)32(21,4)12-10-24(19)36/h6,19,21-30,35-37H,7-18H2,1-5H3. The molecule has 5 nitrogen and oxygen atoms in total. The van der Waals surface area contributed by atoms with Gasteiger partial charge in [0.15, 0.2) is 0 Å². The van der Waals surface area contributed by atoms with Gasteiger partial charge in [-0.2, -0.15) is 0 Å². The van der Waals surface area contributed by atoms with Gasteiger partial charge in [-0.25, -0.2) is 0 Å². The molecule has 0 spiro atoms. The molecule has 3 N–H and O–H groups in total. The van der Waals surface area contributed by atoms with Gasteiger partial charge >= 0.3 is 0 Å². The van der Waals surface area contributed by atoms with Crippen LogP contribution in [0.4, 0.5) is 0 Å². The van der Waals surface area contributed by atoms with E-state index in [1.54, 1.807) is 5.57 Å². The van der Waals surface area contributed by atoms with Crippen LogP contribution in [0.15, 0.2) is 11.6 Å². The van der Waals surface area contributed by atoms with Gasteiger partial charge in [0.1, 0.15) is 24.4 Å². The fraction of sp³-hybridized carbons (Fsp3) is 0.941. The summed E-state index contributed by atoms with van der Waals surface area (Å²) in [6.07, 6.45) is 14.1. The summed E-state index contributed by atoms with van der Waals surface area (Å²) in [7, 11) is 0. The number of epoxide rings is 1. The summed E-state index contributed by atoms with van der Waals surface area (Å²) in [6, 6.07) is 0. The summed E-state index contributed by atoms with van der Waals surface area (Å²) in [5.41, 5.74) is 2.91. The third-order valence-electron chi connectivity index (χ3n) is 14.4. The first-order valence-electron chi connectivity index (χ1n) is 16.4. The molecule has 2 heterocycles. The van der Waals surface area contributed by atoms with Gasteiger partial charge < -0.3 is 24.8 Å². The van der Waals surface area contributed by atoms with Crippen LogP contribution in [-0.4, -0.2) is 58.6 Å². The lowest BCUT2D eigenvalue weighted by molar-refractivity contribution is -0.166. The van der Waals surface area contributed by atoms with Crippen LogP contribution in [0.25, 0.3) is 0 Å². The van der Waals surface area contributed by atoms with E-state index in [1.165, 1.54) is 57.8 Å². The molecule has 5 heteroatoms. The van der Waals surface area contributed by atoms with Crippen LogP contribution in [-0.2, 0) is 9.47 Å². The van der Waals surface area contributed by atoms with E-state index in [2.05, 4.69) is 40.7 Å². The molecule has 39 heavy (non-hydrogen) atoms. The summed E-state index contributed by atoms with van der Waals surface area (Å²) >= 11 is 0. The molecular weight excluding hydrogens is 488 g/mol. The first kappa shape index (κ1) is 27.4. The highest BCUT2D eigenvalue weighted by Gasteiger charge is 2.64. The summed E-state index contributed by atoms with van der Waals surface area (Å²) in [6.45, 7) is 12.5. The largest absolute Gasteiger partial charge is 0.394 e. The van der Waals surface area contributed by atoms with Crippen LogP contribution in [0.2, 0.25) is 0 Å². The van der Waals surface area contributed by atoms with E-state index in [0.717, 1.165) is 12.8 Å². The number of ether oxygens (including phenoxy) is 2. The van der Waals surface area contributed by atoms with Crippen LogP contribution in [0.5, 0.6) is 0 Å². The topological polar surface area (TPSA) is 82.5 Å². The highest BCUT2D eigenvalue weighted by atomic mass is 16.7. The minimum Gasteiger partial charge on any atom is -0.394 e. The minimum atomic E-state index is -0.582. The van der Waals surface area contributed by atoms with Gasteiger partial charge in [0.25, 0.3) is 0 Å². The Labute approximate surface area is 236 Å². The van der Waals surface area contributed by atoms with Crippen LogP contribution in [0, 0.1) is 51.2 Å². The zero-order valence-corrected chi connectivity index (χ0v) is 25.1. The molecule has 2 aliphatic heterocycles. The number of rotatable bonds is 3. The van der Waals surface area contributed by atoms with Crippen molar-refractivity contribution in [3.63, 3.8) is 0 Å². The monoisotopic (exact) mass is 542 g/mol. The van der Waals surface area contributed by atoms with Gasteiger partial charge in [0.05, 0.1) is 18.8 Å². The van der Waals surface area contributed by atoms with E-state index in [1.807, 2.05) is 0 Å². The van der Waals surface area contributed by atoms with Crippen molar-refractivity contribution in [2.24, 2.45) is 51.2 Å². The van der Waals surface area contributed by atoms with E-state index < -0.39 is 6.10 Å². The van der Waals surface area contributed by atoms with Gasteiger partial charge in [-0.1, -0.05) is 46.3 Å². The normalized spacial score (nSPS) is 57.6. The lowest BCUT2D eigenvalue weighted by Gasteiger charge is -2.67. The Hall–Kier alpha value is -0.460. The molecule has 220 valence electrons. The molecule has 7 aliphatic rings. The molecule has 0 amide bonds. The number of hydrogen-bond donors (Lipinski definition) is 3. The summed E-state index contributed by atoms with van der Waals surface area (Å²) in [4.78, 5) is 0. The second kappa shape index (κ2) is 9.02. The molecule has 7 rings (SSSR count). The third-order valence-corrected chi connectivity index (χ3v) is 14.4. The van der Waals surface area contributed by atoms with Crippen molar-refractivity contribution in [2.45, 2.75) is 142 Å². The fourth-order valence-electron chi connectivity index (χ4n) is 12.0. The Bertz CT molecular complexity index is 1010. The quantitative estimate of drug-likeness (QED) is 0.317. The average molecular weight is 543 g/mol. The molecule has 14 unspecified atom stereocenters. The molecule has 2 saturated heterocycles. The lowest BCUT2D eigenvalue weighted by atomic mass is 9.38. The second-order valence-corrected chi connectivity index (χ2v) is 16.6. The van der Waals surface area contributed by atoms with Gasteiger partial charge in [-0.3, -0.25) is 0 Å². The zero-order valence-electron chi connectivity index (χ0n) is 25.1. The Morgan fingerprint density at radius 1 is 0.846 bits per heavy atom. The molecule has 5 aliphatic carbocycles. The van der Waals surface area contributed by atoms with Crippen molar-refractivity contribution >= 4 is 0 Å². The smallest absolute Gasteiger partial charge is 0.115 e. The van der Waals surface area contributed by atoms with Crippen molar-refractivity contribution in [1.82, 2.24) is 0 Å². The average Bonchev–Trinajstić information content (AvgIpc) is 3.70. The number of hydrogen-bond acceptors (Lipinski definition) is 5. The van der Waals surface area contributed by atoms with E-state index in [9.17, 15) is 15.3 Å². The van der Waals surface area contributed by atoms with Crippen molar-refractivity contribution < 1.29 is 24.8 Å². The highest BCUT2D eigenvalue weighted by molar-refractivity contribution is 5.29. The van der Waals surface area contributed by atoms with Crippen LogP contribution < -0.4 is 0 Å². The van der Waals surface area contributed by atoms with Crippen molar-refractivity contribution in [3.8, 4) is 0 Å². The van der Waals surface area contributed by atoms with Crippen LogP contribution in [0.1, 0.15) is 105 Å². The maximum atomic E-state index is 11.2. The Kier molecular flexibility index (Phi) is 6.33. The van der Waals surface area contributed by atoms with E-state index in [-0.39, 0.29) is 42.5 Å². The van der Waals surface area contributed by atoms with E-state index >= 15 is 0 Å².